The number of nitrogens with zero attached hydrogens (tertiary/aromatic N) is 1. The second-order valence-electron chi connectivity index (χ2n) is 5.13. The number of rotatable bonds is 5. The van der Waals surface area contributed by atoms with Gasteiger partial charge in [0.1, 0.15) is 0 Å². The molecular formula is C20H29N3O. The minimum atomic E-state index is -0.287. The fraction of sp³-hybridized carbons (Fsp3) is 0.300. The number of nitrogen functional groups attached to an aromatic ring is 1. The van der Waals surface area contributed by atoms with Gasteiger partial charge in [0, 0.05) is 11.3 Å². The van der Waals surface area contributed by atoms with Gasteiger partial charge in [0.2, 0.25) is 0 Å². The van der Waals surface area contributed by atoms with Gasteiger partial charge in [-0.25, -0.2) is 0 Å². The van der Waals surface area contributed by atoms with Crippen molar-refractivity contribution in [3.05, 3.63) is 59.8 Å². The van der Waals surface area contributed by atoms with Gasteiger partial charge in [-0.3, -0.25) is 9.79 Å². The Labute approximate surface area is 145 Å². The van der Waals surface area contributed by atoms with Crippen molar-refractivity contribution < 1.29 is 4.79 Å². The number of aliphatic imine (C=N–C) groups is 1. The lowest BCUT2D eigenvalue weighted by Crippen LogP contribution is -2.14. The third-order valence-corrected chi connectivity index (χ3v) is 2.91. The number of allylic oxidation sites excluding steroid dienone is 2. The summed E-state index contributed by atoms with van der Waals surface area (Å²) in [6, 6.07) is 7.11. The zero-order valence-corrected chi connectivity index (χ0v) is 15.6. The Bertz CT molecular complexity index is 663. The molecular weight excluding hydrogens is 298 g/mol. The summed E-state index contributed by atoms with van der Waals surface area (Å²) in [6.45, 7) is 15.5. The maximum Gasteiger partial charge on any atom is 0.255 e. The number of amides is 1. The molecule has 1 rings (SSSR count). The first kappa shape index (κ1) is 21.4. The fourth-order valence-electron chi connectivity index (χ4n) is 1.84. The highest BCUT2D eigenvalue weighted by atomic mass is 16.1. The first-order valence-corrected chi connectivity index (χ1v) is 8.06. The molecule has 0 bridgehead atoms. The Morgan fingerprint density at radius 3 is 2.29 bits per heavy atom. The molecule has 0 unspecified atom stereocenters. The SMILES string of the molecule is C=C(/C=C(C)/C(=C/C)N=C(C)C)C(=O)Nc1ccccc1N.CC. The zero-order valence-electron chi connectivity index (χ0n) is 15.6. The predicted molar refractivity (Wildman–Crippen MR) is 106 cm³/mol. The van der Waals surface area contributed by atoms with Crippen LogP contribution in [0.4, 0.5) is 11.4 Å². The van der Waals surface area contributed by atoms with E-state index in [4.69, 9.17) is 5.73 Å². The molecule has 24 heavy (non-hydrogen) atoms. The lowest BCUT2D eigenvalue weighted by Gasteiger charge is -2.09. The van der Waals surface area contributed by atoms with Gasteiger partial charge in [-0.2, -0.15) is 0 Å². The summed E-state index contributed by atoms with van der Waals surface area (Å²) < 4.78 is 0. The van der Waals surface area contributed by atoms with E-state index < -0.39 is 0 Å². The van der Waals surface area contributed by atoms with Crippen LogP contribution in [0.25, 0.3) is 0 Å². The van der Waals surface area contributed by atoms with Crippen molar-refractivity contribution in [3.8, 4) is 0 Å². The minimum absolute atomic E-state index is 0.287. The number of para-hydroxylation sites is 2. The fourth-order valence-corrected chi connectivity index (χ4v) is 1.84. The number of hydrogen-bond acceptors (Lipinski definition) is 3. The van der Waals surface area contributed by atoms with E-state index in [2.05, 4.69) is 16.9 Å². The number of hydrogen-bond donors (Lipinski definition) is 2. The molecule has 0 aliphatic heterocycles. The lowest BCUT2D eigenvalue weighted by atomic mass is 10.1. The first-order valence-electron chi connectivity index (χ1n) is 8.06. The molecule has 4 heteroatoms. The van der Waals surface area contributed by atoms with Gasteiger partial charge in [-0.15, -0.1) is 0 Å². The Kier molecular flexibility index (Phi) is 9.80. The summed E-state index contributed by atoms with van der Waals surface area (Å²) in [4.78, 5) is 16.6. The lowest BCUT2D eigenvalue weighted by molar-refractivity contribution is -0.112. The van der Waals surface area contributed by atoms with Crippen molar-refractivity contribution in [3.63, 3.8) is 0 Å². The number of nitrogens with one attached hydrogen (secondary N) is 1. The van der Waals surface area contributed by atoms with Crippen molar-refractivity contribution in [1.29, 1.82) is 0 Å². The van der Waals surface area contributed by atoms with Crippen molar-refractivity contribution in [2.24, 2.45) is 4.99 Å². The smallest absolute Gasteiger partial charge is 0.255 e. The van der Waals surface area contributed by atoms with Crippen LogP contribution in [0.2, 0.25) is 0 Å². The summed E-state index contributed by atoms with van der Waals surface area (Å²) in [5.41, 5.74) is 9.91. The molecule has 0 saturated heterocycles. The zero-order chi connectivity index (χ0) is 18.7. The van der Waals surface area contributed by atoms with Crippen molar-refractivity contribution in [2.45, 2.75) is 41.5 Å². The molecule has 1 amide bonds. The molecule has 0 aliphatic rings. The van der Waals surface area contributed by atoms with Crippen molar-refractivity contribution in [1.82, 2.24) is 0 Å². The largest absolute Gasteiger partial charge is 0.397 e. The molecule has 1 aromatic rings. The van der Waals surface area contributed by atoms with E-state index >= 15 is 0 Å². The molecule has 0 aliphatic carbocycles. The maximum atomic E-state index is 12.2. The van der Waals surface area contributed by atoms with Crippen LogP contribution in [0.5, 0.6) is 0 Å². The highest BCUT2D eigenvalue weighted by Crippen LogP contribution is 2.19. The molecule has 0 heterocycles. The molecule has 1 aromatic carbocycles. The predicted octanol–water partition coefficient (Wildman–Crippen LogP) is 5.12. The van der Waals surface area contributed by atoms with Gasteiger partial charge in [0.25, 0.3) is 5.91 Å². The summed E-state index contributed by atoms with van der Waals surface area (Å²) in [7, 11) is 0. The standard InChI is InChI=1S/C18H23N3O.C2H6/c1-6-16(20-12(2)3)13(4)11-14(5)18(22)21-17-10-8-7-9-15(17)19;1-2/h6-11H,5,19H2,1-4H3,(H,21,22);1-2H3/b13-11+,16-6-;. The van der Waals surface area contributed by atoms with Gasteiger partial charge < -0.3 is 11.1 Å². The van der Waals surface area contributed by atoms with Crippen LogP contribution in [0.15, 0.2) is 64.8 Å². The van der Waals surface area contributed by atoms with Crippen LogP contribution < -0.4 is 11.1 Å². The Morgan fingerprint density at radius 2 is 1.79 bits per heavy atom. The third kappa shape index (κ3) is 7.09. The first-order chi connectivity index (χ1) is 11.3. The highest BCUT2D eigenvalue weighted by molar-refractivity contribution is 6.06. The number of carbonyl (C=O) groups is 1. The normalized spacial score (nSPS) is 11.1. The summed E-state index contributed by atoms with van der Waals surface area (Å²) in [5.74, 6) is -0.287. The van der Waals surface area contributed by atoms with Gasteiger partial charge in [-0.1, -0.05) is 38.6 Å². The molecule has 0 atom stereocenters. The molecule has 0 saturated carbocycles. The average Bonchev–Trinajstić information content (AvgIpc) is 2.56. The summed E-state index contributed by atoms with van der Waals surface area (Å²) in [5, 5.41) is 2.75. The molecule has 0 spiro atoms. The van der Waals surface area contributed by atoms with E-state index in [0.717, 1.165) is 17.0 Å². The van der Waals surface area contributed by atoms with Crippen LogP contribution in [0.1, 0.15) is 41.5 Å². The number of benzene rings is 1. The van der Waals surface area contributed by atoms with Crippen molar-refractivity contribution >= 4 is 23.0 Å². The topological polar surface area (TPSA) is 67.5 Å². The van der Waals surface area contributed by atoms with Gasteiger partial charge in [-0.05, 0) is 51.5 Å². The minimum Gasteiger partial charge on any atom is -0.397 e. The van der Waals surface area contributed by atoms with E-state index in [1.54, 1.807) is 18.2 Å². The summed E-state index contributed by atoms with van der Waals surface area (Å²) >= 11 is 0. The Balaban J connectivity index is 0.00000254. The monoisotopic (exact) mass is 327 g/mol. The quantitative estimate of drug-likeness (QED) is 0.341. The van der Waals surface area contributed by atoms with E-state index in [1.165, 1.54) is 0 Å². The number of nitrogens with two attached hydrogens (primary N) is 1. The van der Waals surface area contributed by atoms with Crippen LogP contribution in [-0.2, 0) is 4.79 Å². The van der Waals surface area contributed by atoms with Crippen LogP contribution in [0, 0.1) is 0 Å². The highest BCUT2D eigenvalue weighted by Gasteiger charge is 2.08. The number of carbonyl (C=O) groups excluding carboxylic acids is 1. The maximum absolute atomic E-state index is 12.2. The van der Waals surface area contributed by atoms with E-state index in [0.29, 0.717) is 16.9 Å². The van der Waals surface area contributed by atoms with Crippen molar-refractivity contribution in [2.75, 3.05) is 11.1 Å². The van der Waals surface area contributed by atoms with Crippen LogP contribution in [0.3, 0.4) is 0 Å². The Morgan fingerprint density at radius 1 is 1.21 bits per heavy atom. The van der Waals surface area contributed by atoms with E-state index in [9.17, 15) is 4.79 Å². The van der Waals surface area contributed by atoms with Gasteiger partial charge >= 0.3 is 0 Å². The third-order valence-electron chi connectivity index (χ3n) is 2.91. The molecule has 3 N–H and O–H groups in total. The summed E-state index contributed by atoms with van der Waals surface area (Å²) in [6.07, 6.45) is 3.62. The molecule has 4 nitrogen and oxygen atoms in total. The van der Waals surface area contributed by atoms with E-state index in [1.807, 2.05) is 59.8 Å². The molecule has 0 aromatic heterocycles. The van der Waals surface area contributed by atoms with Gasteiger partial charge in [0.05, 0.1) is 17.1 Å². The second-order valence-corrected chi connectivity index (χ2v) is 5.13. The Hall–Kier alpha value is -2.62. The van der Waals surface area contributed by atoms with Crippen LogP contribution in [-0.4, -0.2) is 11.6 Å². The van der Waals surface area contributed by atoms with Gasteiger partial charge in [0.15, 0.2) is 0 Å². The molecule has 130 valence electrons. The van der Waals surface area contributed by atoms with E-state index in [-0.39, 0.29) is 5.91 Å². The second kappa shape index (κ2) is 11.0. The number of anilines is 2. The van der Waals surface area contributed by atoms with Crippen LogP contribution >= 0.6 is 0 Å². The molecule has 0 radical (unpaired) electrons. The average molecular weight is 327 g/mol. The molecule has 0 fully saturated rings.